The van der Waals surface area contributed by atoms with E-state index in [4.69, 9.17) is 0 Å². The van der Waals surface area contributed by atoms with Crippen molar-refractivity contribution in [3.63, 3.8) is 0 Å². The quantitative estimate of drug-likeness (QED) is 0.520. The van der Waals surface area contributed by atoms with Crippen molar-refractivity contribution in [2.45, 2.75) is 32.7 Å². The highest BCUT2D eigenvalue weighted by Gasteiger charge is 2.54. The van der Waals surface area contributed by atoms with Gasteiger partial charge in [-0.05, 0) is 13.8 Å². The molecule has 0 aromatic heterocycles. The Bertz CT molecular complexity index is 213. The summed E-state index contributed by atoms with van der Waals surface area (Å²) in [6.07, 6.45) is 3.53. The Morgan fingerprint density at radius 2 is 2.00 bits per heavy atom. The zero-order valence-corrected chi connectivity index (χ0v) is 9.00. The second-order valence-electron chi connectivity index (χ2n) is 4.09. The van der Waals surface area contributed by atoms with Gasteiger partial charge in [0.05, 0.1) is 6.20 Å². The Hall–Kier alpha value is -0.610. The van der Waals surface area contributed by atoms with Gasteiger partial charge in [-0.1, -0.05) is 0 Å². The van der Waals surface area contributed by atoms with Crippen LogP contribution in [0.5, 0.6) is 0 Å². The lowest BCUT2D eigenvalue weighted by molar-refractivity contribution is -1.06. The highest BCUT2D eigenvalue weighted by molar-refractivity contribution is 4.86. The van der Waals surface area contributed by atoms with Crippen molar-refractivity contribution in [1.82, 2.24) is 10.3 Å². The molecule has 0 amide bonds. The fourth-order valence-corrected chi connectivity index (χ4v) is 2.17. The van der Waals surface area contributed by atoms with E-state index < -0.39 is 5.92 Å². The highest BCUT2D eigenvalue weighted by atomic mass is 19.2. The number of nitrogens with one attached hydrogen (secondary N) is 1. The molecule has 1 aliphatic rings. The third-order valence-electron chi connectivity index (χ3n) is 2.77. The molecule has 0 aromatic rings. The molecule has 0 saturated heterocycles. The minimum absolute atomic E-state index is 0.163. The maximum atomic E-state index is 14.2. The number of halogens is 1. The van der Waals surface area contributed by atoms with Crippen LogP contribution in [0.15, 0.2) is 12.4 Å². The molecule has 0 aliphatic carbocycles. The normalized spacial score (nSPS) is 38.8. The summed E-state index contributed by atoms with van der Waals surface area (Å²) < 4.78 is 14.4. The van der Waals surface area contributed by atoms with Gasteiger partial charge in [-0.15, -0.1) is 0 Å². The van der Waals surface area contributed by atoms with Gasteiger partial charge in [-0.25, -0.2) is 0 Å². The summed E-state index contributed by atoms with van der Waals surface area (Å²) in [7, 11) is 3.77. The first-order chi connectivity index (χ1) is 5.84. The van der Waals surface area contributed by atoms with Crippen LogP contribution in [0, 0.1) is 0 Å². The van der Waals surface area contributed by atoms with Crippen LogP contribution in [-0.4, -0.2) is 35.7 Å². The number of quaternary nitrogens is 1. The summed E-state index contributed by atoms with van der Waals surface area (Å²) in [6.45, 7) is 5.58. The summed E-state index contributed by atoms with van der Waals surface area (Å²) in [5.74, 6) is -1.45. The van der Waals surface area contributed by atoms with E-state index in [2.05, 4.69) is 5.32 Å². The monoisotopic (exact) mass is 188 g/mol. The van der Waals surface area contributed by atoms with E-state index in [9.17, 15) is 4.39 Å². The van der Waals surface area contributed by atoms with Crippen molar-refractivity contribution in [1.29, 1.82) is 0 Å². The van der Waals surface area contributed by atoms with E-state index >= 15 is 0 Å². The van der Waals surface area contributed by atoms with E-state index in [-0.39, 0.29) is 10.6 Å². The highest BCUT2D eigenvalue weighted by Crippen LogP contribution is 2.34. The predicted molar refractivity (Wildman–Crippen MR) is 50.9 cm³/mol. The first-order valence-corrected chi connectivity index (χ1v) is 4.55. The minimum atomic E-state index is -1.45. The number of nitrogens with zero attached hydrogens (tertiary/aromatic N) is 2. The van der Waals surface area contributed by atoms with Gasteiger partial charge >= 0.3 is 5.92 Å². The van der Waals surface area contributed by atoms with E-state index in [1.54, 1.807) is 13.1 Å². The fraction of sp³-hybridized carbons (Fsp3) is 0.778. The SMILES string of the molecule is CC(C)[N+]1(N(C)C)C=CNC1(C)F. The maximum absolute atomic E-state index is 14.2. The molecule has 0 aromatic carbocycles. The summed E-state index contributed by atoms with van der Waals surface area (Å²) >= 11 is 0. The molecule has 13 heavy (non-hydrogen) atoms. The Balaban J connectivity index is 3.11. The standard InChI is InChI=1S/C9H19FN3/c1-8(2)13(12(4)5)7-6-11-9(13,3)10/h6-8,11H,1-5H3/q+1. The van der Waals surface area contributed by atoms with Crippen molar-refractivity contribution in [3.8, 4) is 0 Å². The molecule has 1 rings (SSSR count). The van der Waals surface area contributed by atoms with Crippen molar-refractivity contribution in [2.24, 2.45) is 0 Å². The van der Waals surface area contributed by atoms with Gasteiger partial charge in [0.2, 0.25) is 0 Å². The molecule has 1 heterocycles. The Morgan fingerprint density at radius 3 is 2.15 bits per heavy atom. The van der Waals surface area contributed by atoms with Gasteiger partial charge in [0.25, 0.3) is 0 Å². The summed E-state index contributed by atoms with van der Waals surface area (Å²) in [5, 5.41) is 4.61. The molecule has 0 spiro atoms. The van der Waals surface area contributed by atoms with E-state index in [0.717, 1.165) is 0 Å². The zero-order chi connectivity index (χ0) is 10.3. The summed E-state index contributed by atoms with van der Waals surface area (Å²) in [4.78, 5) is 0. The van der Waals surface area contributed by atoms with Crippen molar-refractivity contribution in [2.75, 3.05) is 14.1 Å². The predicted octanol–water partition coefficient (Wildman–Crippen LogP) is 1.41. The minimum Gasteiger partial charge on any atom is -0.306 e. The largest absolute Gasteiger partial charge is 0.340 e. The zero-order valence-electron chi connectivity index (χ0n) is 9.00. The molecule has 2 unspecified atom stereocenters. The molecular weight excluding hydrogens is 169 g/mol. The molecule has 0 bridgehead atoms. The maximum Gasteiger partial charge on any atom is 0.340 e. The van der Waals surface area contributed by atoms with Crippen LogP contribution in [0.2, 0.25) is 0 Å². The Kier molecular flexibility index (Phi) is 2.38. The van der Waals surface area contributed by atoms with Gasteiger partial charge < -0.3 is 5.32 Å². The molecule has 0 radical (unpaired) electrons. The lowest BCUT2D eigenvalue weighted by atomic mass is 10.2. The number of hydrogen-bond acceptors (Lipinski definition) is 2. The topological polar surface area (TPSA) is 15.3 Å². The van der Waals surface area contributed by atoms with Crippen LogP contribution in [0.25, 0.3) is 0 Å². The Labute approximate surface area is 79.4 Å². The van der Waals surface area contributed by atoms with Crippen LogP contribution in [-0.2, 0) is 0 Å². The van der Waals surface area contributed by atoms with Crippen LogP contribution >= 0.6 is 0 Å². The van der Waals surface area contributed by atoms with Crippen LogP contribution in [0.4, 0.5) is 4.39 Å². The second-order valence-corrected chi connectivity index (χ2v) is 4.09. The third-order valence-corrected chi connectivity index (χ3v) is 2.77. The number of rotatable bonds is 2. The lowest BCUT2D eigenvalue weighted by Crippen LogP contribution is -2.68. The van der Waals surface area contributed by atoms with Crippen LogP contribution in [0.1, 0.15) is 20.8 Å². The van der Waals surface area contributed by atoms with Gasteiger partial charge in [0.15, 0.2) is 0 Å². The molecule has 2 atom stereocenters. The number of alkyl halides is 1. The summed E-state index contributed by atoms with van der Waals surface area (Å²) in [5.41, 5.74) is 0. The van der Waals surface area contributed by atoms with E-state index in [0.29, 0.717) is 0 Å². The van der Waals surface area contributed by atoms with Crippen molar-refractivity contribution < 1.29 is 8.98 Å². The fourth-order valence-electron chi connectivity index (χ4n) is 2.17. The average molecular weight is 188 g/mol. The first-order valence-electron chi connectivity index (χ1n) is 4.55. The van der Waals surface area contributed by atoms with Crippen molar-refractivity contribution in [3.05, 3.63) is 12.4 Å². The molecule has 76 valence electrons. The van der Waals surface area contributed by atoms with Crippen LogP contribution < -0.4 is 5.32 Å². The van der Waals surface area contributed by atoms with E-state index in [1.807, 2.05) is 39.2 Å². The smallest absolute Gasteiger partial charge is 0.306 e. The van der Waals surface area contributed by atoms with Gasteiger partial charge in [-0.3, -0.25) is 0 Å². The lowest BCUT2D eigenvalue weighted by Gasteiger charge is -2.46. The van der Waals surface area contributed by atoms with Gasteiger partial charge in [0.1, 0.15) is 12.2 Å². The van der Waals surface area contributed by atoms with Crippen molar-refractivity contribution >= 4 is 0 Å². The molecule has 3 nitrogen and oxygen atoms in total. The first kappa shape index (κ1) is 10.5. The molecule has 1 aliphatic heterocycles. The van der Waals surface area contributed by atoms with E-state index in [1.165, 1.54) is 0 Å². The third kappa shape index (κ3) is 1.25. The summed E-state index contributed by atoms with van der Waals surface area (Å²) in [6, 6.07) is 0.163. The number of hydrogen-bond donors (Lipinski definition) is 1. The van der Waals surface area contributed by atoms with Gasteiger partial charge in [-0.2, -0.15) is 14.0 Å². The molecule has 4 heteroatoms. The molecular formula is C9H19FN3+. The second kappa shape index (κ2) is 2.96. The molecule has 1 N–H and O–H groups in total. The molecule has 0 fully saturated rings. The Morgan fingerprint density at radius 1 is 1.46 bits per heavy atom. The molecule has 0 saturated carbocycles. The van der Waals surface area contributed by atoms with Gasteiger partial charge in [0, 0.05) is 21.0 Å². The average Bonchev–Trinajstić information content (AvgIpc) is 2.25. The van der Waals surface area contributed by atoms with Crippen LogP contribution in [0.3, 0.4) is 0 Å².